The van der Waals surface area contributed by atoms with E-state index in [0.29, 0.717) is 9.86 Å². The van der Waals surface area contributed by atoms with Crippen molar-refractivity contribution >= 4 is 43.3 Å². The van der Waals surface area contributed by atoms with Crippen molar-refractivity contribution in [3.05, 3.63) is 27.5 Å². The Hall–Kier alpha value is -1.07. The van der Waals surface area contributed by atoms with Crippen LogP contribution >= 0.6 is 27.3 Å². The summed E-state index contributed by atoms with van der Waals surface area (Å²) in [6, 6.07) is 5.34. The Kier molecular flexibility index (Phi) is 2.20. The minimum atomic E-state index is -1.10. The molecule has 0 aliphatic carbocycles. The van der Waals surface area contributed by atoms with Crippen molar-refractivity contribution in [3.63, 3.8) is 0 Å². The molecule has 0 fully saturated rings. The highest BCUT2D eigenvalue weighted by atomic mass is 79.9. The molecule has 0 saturated carbocycles. The largest absolute Gasteiger partial charge is 0.505 e. The zero-order valence-corrected chi connectivity index (χ0v) is 9.22. The van der Waals surface area contributed by atoms with Crippen LogP contribution in [0.15, 0.2) is 22.7 Å². The SMILES string of the molecule is O=C(O)c1sc2cccc(Br)c2c1O. The fraction of sp³-hybridized carbons (Fsp3) is 0. The Labute approximate surface area is 91.7 Å². The number of thiophene rings is 1. The van der Waals surface area contributed by atoms with Crippen LogP contribution in [0.4, 0.5) is 0 Å². The summed E-state index contributed by atoms with van der Waals surface area (Å²) >= 11 is 4.33. The predicted molar refractivity (Wildman–Crippen MR) is 58.1 cm³/mol. The first kappa shape index (κ1) is 9.48. The summed E-state index contributed by atoms with van der Waals surface area (Å²) in [7, 11) is 0. The molecule has 0 bridgehead atoms. The minimum absolute atomic E-state index is 0.0214. The molecule has 1 aromatic heterocycles. The molecule has 3 nitrogen and oxygen atoms in total. The molecule has 0 unspecified atom stereocenters. The molecule has 2 aromatic rings. The molecular formula is C9H5BrO3S. The van der Waals surface area contributed by atoms with Crippen LogP contribution in [-0.2, 0) is 0 Å². The van der Waals surface area contributed by atoms with Crippen molar-refractivity contribution in [1.29, 1.82) is 0 Å². The van der Waals surface area contributed by atoms with E-state index < -0.39 is 5.97 Å². The van der Waals surface area contributed by atoms with Crippen molar-refractivity contribution < 1.29 is 15.0 Å². The molecule has 5 heteroatoms. The Balaban J connectivity index is 2.87. The van der Waals surface area contributed by atoms with Crippen molar-refractivity contribution in [3.8, 4) is 5.75 Å². The molecule has 0 radical (unpaired) electrons. The van der Waals surface area contributed by atoms with Gasteiger partial charge in [0.05, 0.1) is 0 Å². The Bertz CT molecular complexity index is 518. The van der Waals surface area contributed by atoms with Gasteiger partial charge in [0.25, 0.3) is 0 Å². The first-order valence-electron chi connectivity index (χ1n) is 3.74. The number of benzene rings is 1. The Morgan fingerprint density at radius 2 is 2.14 bits per heavy atom. The number of halogens is 1. The summed E-state index contributed by atoms with van der Waals surface area (Å²) in [6.07, 6.45) is 0. The summed E-state index contributed by atoms with van der Waals surface area (Å²) in [4.78, 5) is 10.7. The molecule has 0 saturated heterocycles. The van der Waals surface area contributed by atoms with E-state index in [1.165, 1.54) is 0 Å². The third kappa shape index (κ3) is 1.29. The summed E-state index contributed by atoms with van der Waals surface area (Å²) < 4.78 is 1.46. The van der Waals surface area contributed by atoms with E-state index in [1.54, 1.807) is 18.2 Å². The van der Waals surface area contributed by atoms with Gasteiger partial charge in [0.15, 0.2) is 4.88 Å². The van der Waals surface area contributed by atoms with Gasteiger partial charge in [0.1, 0.15) is 5.75 Å². The van der Waals surface area contributed by atoms with Gasteiger partial charge in [-0.05, 0) is 28.1 Å². The molecule has 2 rings (SSSR count). The van der Waals surface area contributed by atoms with Gasteiger partial charge in [0.2, 0.25) is 0 Å². The van der Waals surface area contributed by atoms with Gasteiger partial charge < -0.3 is 10.2 Å². The highest BCUT2D eigenvalue weighted by Crippen LogP contribution is 2.40. The molecule has 72 valence electrons. The number of carbonyl (C=O) groups is 1. The van der Waals surface area contributed by atoms with E-state index in [-0.39, 0.29) is 10.6 Å². The van der Waals surface area contributed by atoms with Gasteiger partial charge in [-0.25, -0.2) is 4.79 Å². The normalized spacial score (nSPS) is 10.6. The van der Waals surface area contributed by atoms with Crippen LogP contribution in [0.25, 0.3) is 10.1 Å². The number of fused-ring (bicyclic) bond motifs is 1. The maximum absolute atomic E-state index is 10.7. The quantitative estimate of drug-likeness (QED) is 0.839. The third-order valence-electron chi connectivity index (χ3n) is 1.83. The Morgan fingerprint density at radius 3 is 2.71 bits per heavy atom. The molecule has 0 aliphatic rings. The van der Waals surface area contributed by atoms with Crippen LogP contribution in [0.5, 0.6) is 5.75 Å². The van der Waals surface area contributed by atoms with Crippen LogP contribution in [-0.4, -0.2) is 16.2 Å². The molecule has 2 N–H and O–H groups in total. The fourth-order valence-corrected chi connectivity index (χ4v) is 2.88. The minimum Gasteiger partial charge on any atom is -0.505 e. The number of carboxylic acids is 1. The highest BCUT2D eigenvalue weighted by Gasteiger charge is 2.18. The number of hydrogen-bond donors (Lipinski definition) is 2. The summed E-state index contributed by atoms with van der Waals surface area (Å²) in [5.41, 5.74) is 0. The molecular weight excluding hydrogens is 268 g/mol. The molecule has 0 atom stereocenters. The van der Waals surface area contributed by atoms with E-state index >= 15 is 0 Å². The van der Waals surface area contributed by atoms with E-state index in [2.05, 4.69) is 15.9 Å². The molecule has 0 amide bonds. The number of carboxylic acid groups (broad SMARTS) is 1. The summed E-state index contributed by atoms with van der Waals surface area (Å²) in [5, 5.41) is 19.0. The third-order valence-corrected chi connectivity index (χ3v) is 3.63. The van der Waals surface area contributed by atoms with E-state index in [4.69, 9.17) is 5.11 Å². The topological polar surface area (TPSA) is 57.5 Å². The van der Waals surface area contributed by atoms with Gasteiger partial charge in [-0.15, -0.1) is 11.3 Å². The second kappa shape index (κ2) is 3.25. The van der Waals surface area contributed by atoms with Crippen LogP contribution in [0.2, 0.25) is 0 Å². The lowest BCUT2D eigenvalue weighted by atomic mass is 10.2. The number of aromatic hydroxyl groups is 1. The van der Waals surface area contributed by atoms with Gasteiger partial charge in [-0.2, -0.15) is 0 Å². The first-order chi connectivity index (χ1) is 6.61. The van der Waals surface area contributed by atoms with Crippen LogP contribution < -0.4 is 0 Å². The van der Waals surface area contributed by atoms with Crippen molar-refractivity contribution in [2.75, 3.05) is 0 Å². The van der Waals surface area contributed by atoms with Gasteiger partial charge in [-0.1, -0.05) is 6.07 Å². The van der Waals surface area contributed by atoms with Crippen molar-refractivity contribution in [1.82, 2.24) is 0 Å². The summed E-state index contributed by atoms with van der Waals surface area (Å²) in [6.45, 7) is 0. The molecule has 0 spiro atoms. The standard InChI is InChI=1S/C9H5BrO3S/c10-4-2-1-3-5-6(4)7(11)8(14-5)9(12)13/h1-3,11H,(H,12,13). The lowest BCUT2D eigenvalue weighted by Gasteiger charge is -1.93. The van der Waals surface area contributed by atoms with E-state index in [0.717, 1.165) is 16.0 Å². The number of rotatable bonds is 1. The van der Waals surface area contributed by atoms with Crippen LogP contribution in [0.3, 0.4) is 0 Å². The van der Waals surface area contributed by atoms with Crippen LogP contribution in [0, 0.1) is 0 Å². The van der Waals surface area contributed by atoms with Gasteiger partial charge in [0, 0.05) is 14.6 Å². The second-order valence-electron chi connectivity index (χ2n) is 2.70. The van der Waals surface area contributed by atoms with Crippen LogP contribution in [0.1, 0.15) is 9.67 Å². The van der Waals surface area contributed by atoms with Gasteiger partial charge in [-0.3, -0.25) is 0 Å². The van der Waals surface area contributed by atoms with E-state index in [9.17, 15) is 9.90 Å². The monoisotopic (exact) mass is 272 g/mol. The molecule has 14 heavy (non-hydrogen) atoms. The lowest BCUT2D eigenvalue weighted by molar-refractivity contribution is 0.0699. The molecule has 1 heterocycles. The Morgan fingerprint density at radius 1 is 1.43 bits per heavy atom. The zero-order chi connectivity index (χ0) is 10.3. The first-order valence-corrected chi connectivity index (χ1v) is 5.35. The molecule has 1 aromatic carbocycles. The smallest absolute Gasteiger partial charge is 0.349 e. The number of aromatic carboxylic acids is 1. The van der Waals surface area contributed by atoms with E-state index in [1.807, 2.05) is 0 Å². The maximum atomic E-state index is 10.7. The average Bonchev–Trinajstić information content (AvgIpc) is 2.45. The average molecular weight is 273 g/mol. The van der Waals surface area contributed by atoms with Crippen molar-refractivity contribution in [2.24, 2.45) is 0 Å². The van der Waals surface area contributed by atoms with Crippen molar-refractivity contribution in [2.45, 2.75) is 0 Å². The fourth-order valence-electron chi connectivity index (χ4n) is 1.24. The number of hydrogen-bond acceptors (Lipinski definition) is 3. The maximum Gasteiger partial charge on any atom is 0.349 e. The highest BCUT2D eigenvalue weighted by molar-refractivity contribution is 9.10. The summed E-state index contributed by atoms with van der Waals surface area (Å²) in [5.74, 6) is -1.26. The second-order valence-corrected chi connectivity index (χ2v) is 4.60. The lowest BCUT2D eigenvalue weighted by Crippen LogP contribution is -1.90. The van der Waals surface area contributed by atoms with Gasteiger partial charge >= 0.3 is 5.97 Å². The predicted octanol–water partition coefficient (Wildman–Crippen LogP) is 3.07. The zero-order valence-electron chi connectivity index (χ0n) is 6.82. The molecule has 0 aliphatic heterocycles.